The molecular weight excluding hydrogens is 411 g/mol. The van der Waals surface area contributed by atoms with Crippen molar-refractivity contribution in [3.05, 3.63) is 95.6 Å². The highest BCUT2D eigenvalue weighted by Gasteiger charge is 2.22. The monoisotopic (exact) mass is 444 g/mol. The predicted molar refractivity (Wildman–Crippen MR) is 136 cm³/mol. The van der Waals surface area contributed by atoms with Crippen LogP contribution in [0.1, 0.15) is 36.5 Å². The Labute approximate surface area is 197 Å². The number of hydrogen-bond acceptors (Lipinski definition) is 4. The molecule has 0 saturated heterocycles. The molecule has 2 aromatic rings. The number of hydrogen-bond donors (Lipinski definition) is 3. The molecular formula is C27H33BN2O3. The van der Waals surface area contributed by atoms with Gasteiger partial charge in [-0.1, -0.05) is 67.8 Å². The number of aryl methyl sites for hydroxylation is 1. The lowest BCUT2D eigenvalue weighted by Crippen LogP contribution is -2.37. The third-order valence-corrected chi connectivity index (χ3v) is 6.07. The van der Waals surface area contributed by atoms with Gasteiger partial charge in [-0.05, 0) is 59.5 Å². The standard InChI is InChI=1S/C27H33BN2O3/c1-4-21-14-15-22-10-5-7-12-24(22)25(21)19-30(17-9-16-29-27(31)20(2)3)18-23-11-6-8-13-26(23)28(32)33/h4-8,10-13,32-33H,1-2,9,14-19H2,3H3,(H,29,31). The van der Waals surface area contributed by atoms with Gasteiger partial charge in [0, 0.05) is 31.8 Å². The number of amides is 1. The summed E-state index contributed by atoms with van der Waals surface area (Å²) in [5.41, 5.74) is 7.01. The Hall–Kier alpha value is -2.93. The van der Waals surface area contributed by atoms with Crippen LogP contribution in [0, 0.1) is 0 Å². The van der Waals surface area contributed by atoms with E-state index in [4.69, 9.17) is 0 Å². The topological polar surface area (TPSA) is 72.8 Å². The molecule has 0 radical (unpaired) electrons. The second kappa shape index (κ2) is 11.8. The molecule has 0 unspecified atom stereocenters. The minimum atomic E-state index is -1.52. The second-order valence-corrected chi connectivity index (χ2v) is 8.54. The maximum Gasteiger partial charge on any atom is 0.488 e. The van der Waals surface area contributed by atoms with E-state index >= 15 is 0 Å². The van der Waals surface area contributed by atoms with Crippen molar-refractivity contribution >= 4 is 24.1 Å². The summed E-state index contributed by atoms with van der Waals surface area (Å²) in [7, 11) is -1.52. The molecule has 0 saturated carbocycles. The van der Waals surface area contributed by atoms with Crippen molar-refractivity contribution < 1.29 is 14.8 Å². The fourth-order valence-corrected chi connectivity index (χ4v) is 4.30. The van der Waals surface area contributed by atoms with Crippen LogP contribution in [0.25, 0.3) is 5.57 Å². The van der Waals surface area contributed by atoms with Gasteiger partial charge in [0.1, 0.15) is 0 Å². The van der Waals surface area contributed by atoms with Gasteiger partial charge in [0.15, 0.2) is 0 Å². The van der Waals surface area contributed by atoms with Gasteiger partial charge in [0.25, 0.3) is 0 Å². The minimum Gasteiger partial charge on any atom is -0.423 e. The Morgan fingerprint density at radius 1 is 1.12 bits per heavy atom. The number of carbonyl (C=O) groups excluding carboxylic acids is 1. The summed E-state index contributed by atoms with van der Waals surface area (Å²) in [4.78, 5) is 14.1. The summed E-state index contributed by atoms with van der Waals surface area (Å²) in [6.45, 7) is 12.0. The molecule has 0 fully saturated rings. The zero-order chi connectivity index (χ0) is 23.8. The molecule has 3 N–H and O–H groups in total. The van der Waals surface area contributed by atoms with Crippen LogP contribution in [-0.4, -0.2) is 47.6 Å². The molecule has 172 valence electrons. The first-order chi connectivity index (χ1) is 15.9. The van der Waals surface area contributed by atoms with Crippen molar-refractivity contribution in [2.45, 2.75) is 32.7 Å². The predicted octanol–water partition coefficient (Wildman–Crippen LogP) is 2.84. The molecule has 3 rings (SSSR count). The number of benzene rings is 2. The molecule has 6 heteroatoms. The van der Waals surface area contributed by atoms with Gasteiger partial charge >= 0.3 is 7.12 Å². The van der Waals surface area contributed by atoms with Gasteiger partial charge in [-0.2, -0.15) is 0 Å². The van der Waals surface area contributed by atoms with Crippen molar-refractivity contribution in [2.24, 2.45) is 0 Å². The first kappa shape index (κ1) is 24.7. The van der Waals surface area contributed by atoms with Crippen LogP contribution < -0.4 is 10.8 Å². The van der Waals surface area contributed by atoms with Crippen LogP contribution in [0.4, 0.5) is 0 Å². The number of fused-ring (bicyclic) bond motifs is 1. The normalized spacial score (nSPS) is 13.0. The van der Waals surface area contributed by atoms with Gasteiger partial charge in [-0.25, -0.2) is 0 Å². The van der Waals surface area contributed by atoms with E-state index in [-0.39, 0.29) is 5.91 Å². The highest BCUT2D eigenvalue weighted by Crippen LogP contribution is 2.32. The SMILES string of the molecule is C=CC1=C(CN(CCCNC(=O)C(=C)C)Cc2ccccc2B(O)O)c2ccccc2CC1. The zero-order valence-electron chi connectivity index (χ0n) is 19.4. The molecule has 0 spiro atoms. The quantitative estimate of drug-likeness (QED) is 0.283. The Bertz CT molecular complexity index is 1050. The molecule has 0 heterocycles. The first-order valence-corrected chi connectivity index (χ1v) is 11.4. The Balaban J connectivity index is 1.83. The fraction of sp³-hybridized carbons (Fsp3) is 0.296. The smallest absolute Gasteiger partial charge is 0.423 e. The van der Waals surface area contributed by atoms with Gasteiger partial charge in [0.05, 0.1) is 0 Å². The Morgan fingerprint density at radius 2 is 1.85 bits per heavy atom. The van der Waals surface area contributed by atoms with Crippen molar-refractivity contribution in [3.63, 3.8) is 0 Å². The van der Waals surface area contributed by atoms with Gasteiger partial charge in [-0.3, -0.25) is 9.69 Å². The summed E-state index contributed by atoms with van der Waals surface area (Å²) in [5, 5.41) is 22.6. The third kappa shape index (κ3) is 6.54. The van der Waals surface area contributed by atoms with E-state index in [0.717, 1.165) is 31.4 Å². The highest BCUT2D eigenvalue weighted by atomic mass is 16.4. The largest absolute Gasteiger partial charge is 0.488 e. The molecule has 5 nitrogen and oxygen atoms in total. The molecule has 0 aliphatic heterocycles. The van der Waals surface area contributed by atoms with E-state index in [9.17, 15) is 14.8 Å². The van der Waals surface area contributed by atoms with Crippen LogP contribution in [0.3, 0.4) is 0 Å². The van der Waals surface area contributed by atoms with E-state index < -0.39 is 7.12 Å². The van der Waals surface area contributed by atoms with Crippen LogP contribution in [0.5, 0.6) is 0 Å². The van der Waals surface area contributed by atoms with Crippen LogP contribution in [0.15, 0.2) is 78.9 Å². The molecule has 2 aromatic carbocycles. The number of carbonyl (C=O) groups is 1. The minimum absolute atomic E-state index is 0.131. The summed E-state index contributed by atoms with van der Waals surface area (Å²) in [6.07, 6.45) is 4.70. The van der Waals surface area contributed by atoms with Crippen LogP contribution in [0.2, 0.25) is 0 Å². The van der Waals surface area contributed by atoms with Crippen molar-refractivity contribution in [1.82, 2.24) is 10.2 Å². The lowest BCUT2D eigenvalue weighted by Gasteiger charge is -2.29. The number of nitrogens with one attached hydrogen (secondary N) is 1. The van der Waals surface area contributed by atoms with Crippen LogP contribution >= 0.6 is 0 Å². The average Bonchev–Trinajstić information content (AvgIpc) is 2.81. The average molecular weight is 444 g/mol. The fourth-order valence-electron chi connectivity index (χ4n) is 4.30. The van der Waals surface area contributed by atoms with Crippen molar-refractivity contribution in [2.75, 3.05) is 19.6 Å². The van der Waals surface area contributed by atoms with Gasteiger partial charge < -0.3 is 15.4 Å². The van der Waals surface area contributed by atoms with E-state index in [1.165, 1.54) is 22.3 Å². The molecule has 1 amide bonds. The molecule has 0 atom stereocenters. The van der Waals surface area contributed by atoms with Gasteiger partial charge in [-0.15, -0.1) is 0 Å². The summed E-state index contributed by atoms with van der Waals surface area (Å²) >= 11 is 0. The summed E-state index contributed by atoms with van der Waals surface area (Å²) in [5.74, 6) is -0.131. The Morgan fingerprint density at radius 3 is 2.58 bits per heavy atom. The maximum absolute atomic E-state index is 11.8. The van der Waals surface area contributed by atoms with E-state index in [1.54, 1.807) is 13.0 Å². The second-order valence-electron chi connectivity index (χ2n) is 8.54. The van der Waals surface area contributed by atoms with E-state index in [2.05, 4.69) is 47.6 Å². The molecule has 1 aliphatic rings. The third-order valence-electron chi connectivity index (χ3n) is 6.07. The molecule has 1 aliphatic carbocycles. The van der Waals surface area contributed by atoms with Gasteiger partial charge in [0.2, 0.25) is 5.91 Å². The number of nitrogens with zero attached hydrogens (tertiary/aromatic N) is 1. The maximum atomic E-state index is 11.8. The molecule has 33 heavy (non-hydrogen) atoms. The van der Waals surface area contributed by atoms with E-state index in [1.807, 2.05) is 24.3 Å². The summed E-state index contributed by atoms with van der Waals surface area (Å²) < 4.78 is 0. The van der Waals surface area contributed by atoms with Crippen LogP contribution in [-0.2, 0) is 17.8 Å². The van der Waals surface area contributed by atoms with E-state index in [0.29, 0.717) is 30.7 Å². The number of allylic oxidation sites excluding steroid dienone is 2. The van der Waals surface area contributed by atoms with Crippen molar-refractivity contribution in [3.8, 4) is 0 Å². The highest BCUT2D eigenvalue weighted by molar-refractivity contribution is 6.59. The lowest BCUT2D eigenvalue weighted by atomic mass is 9.77. The first-order valence-electron chi connectivity index (χ1n) is 11.4. The Kier molecular flexibility index (Phi) is 8.83. The zero-order valence-corrected chi connectivity index (χ0v) is 19.4. The molecule has 0 aromatic heterocycles. The summed E-state index contributed by atoms with van der Waals surface area (Å²) in [6, 6.07) is 15.9. The lowest BCUT2D eigenvalue weighted by molar-refractivity contribution is -0.117. The molecule has 0 bridgehead atoms. The number of rotatable bonds is 11. The van der Waals surface area contributed by atoms with Crippen molar-refractivity contribution in [1.29, 1.82) is 0 Å².